The molecule has 3 fully saturated rings. The third-order valence-electron chi connectivity index (χ3n) is 9.43. The van der Waals surface area contributed by atoms with Gasteiger partial charge in [0.2, 0.25) is 0 Å². The first kappa shape index (κ1) is 30.8. The van der Waals surface area contributed by atoms with Crippen molar-refractivity contribution >= 4 is 23.7 Å². The molecule has 3 aliphatic rings. The molecule has 3 unspecified atom stereocenters. The summed E-state index contributed by atoms with van der Waals surface area (Å²) in [4.78, 5) is 51.4. The van der Waals surface area contributed by atoms with Crippen molar-refractivity contribution in [2.75, 3.05) is 6.61 Å². The maximum atomic E-state index is 13.5. The lowest BCUT2D eigenvalue weighted by molar-refractivity contribution is -0.188. The first-order valence-electron chi connectivity index (χ1n) is 13.6. The molecule has 216 valence electrons. The van der Waals surface area contributed by atoms with Crippen molar-refractivity contribution in [1.82, 2.24) is 0 Å². The van der Waals surface area contributed by atoms with Gasteiger partial charge in [-0.3, -0.25) is 14.4 Å². The molecule has 39 heavy (non-hydrogen) atoms. The minimum atomic E-state index is -1.85. The molecule has 2 N–H and O–H groups in total. The molecular weight excluding hydrogens is 504 g/mol. The van der Waals surface area contributed by atoms with Crippen molar-refractivity contribution < 1.29 is 43.6 Å². The highest BCUT2D eigenvalue weighted by molar-refractivity contribution is 6.01. The Morgan fingerprint density at radius 3 is 2.44 bits per heavy atom. The van der Waals surface area contributed by atoms with E-state index in [1.54, 1.807) is 40.7 Å². The SMILES string of the molecule is C=C1CC[C@@H](OC(=O)C(C)CC)[C@H]2[C@@]1(C)[C@@H](O)C(=O)C(=C)[C@]2(C)CC(OC(=O)/C(C)=C/C)C1(O)COC(=O)C1. The Bertz CT molecular complexity index is 1110. The zero-order valence-electron chi connectivity index (χ0n) is 23.9. The van der Waals surface area contributed by atoms with Gasteiger partial charge in [0.25, 0.3) is 0 Å². The van der Waals surface area contributed by atoms with Crippen LogP contribution in [0.3, 0.4) is 0 Å². The van der Waals surface area contributed by atoms with Crippen molar-refractivity contribution in [2.45, 2.75) is 97.6 Å². The van der Waals surface area contributed by atoms with Crippen molar-refractivity contribution in [2.24, 2.45) is 22.7 Å². The minimum Gasteiger partial charge on any atom is -0.462 e. The predicted molar refractivity (Wildman–Crippen MR) is 142 cm³/mol. The van der Waals surface area contributed by atoms with Crippen molar-refractivity contribution in [1.29, 1.82) is 0 Å². The number of hydrogen-bond acceptors (Lipinski definition) is 9. The van der Waals surface area contributed by atoms with Gasteiger partial charge in [-0.25, -0.2) is 4.79 Å². The summed E-state index contributed by atoms with van der Waals surface area (Å²) in [6.45, 7) is 18.2. The second kappa shape index (κ2) is 11.0. The zero-order valence-corrected chi connectivity index (χ0v) is 23.9. The number of aliphatic hydroxyl groups is 2. The van der Waals surface area contributed by atoms with Crippen LogP contribution in [0.25, 0.3) is 0 Å². The Hall–Kier alpha value is -2.78. The topological polar surface area (TPSA) is 136 Å². The number of esters is 3. The quantitative estimate of drug-likeness (QED) is 0.203. The average molecular weight is 547 g/mol. The van der Waals surface area contributed by atoms with Gasteiger partial charge in [0.15, 0.2) is 5.78 Å². The molecule has 9 heteroatoms. The first-order valence-corrected chi connectivity index (χ1v) is 13.6. The van der Waals surface area contributed by atoms with E-state index in [1.165, 1.54) is 0 Å². The van der Waals surface area contributed by atoms with E-state index in [0.29, 0.717) is 30.4 Å². The molecule has 2 saturated carbocycles. The lowest BCUT2D eigenvalue weighted by atomic mass is 9.45. The molecule has 1 aliphatic heterocycles. The van der Waals surface area contributed by atoms with E-state index in [1.807, 2.05) is 6.92 Å². The molecule has 8 atom stereocenters. The van der Waals surface area contributed by atoms with Gasteiger partial charge in [0, 0.05) is 22.3 Å². The molecule has 1 saturated heterocycles. The molecule has 0 spiro atoms. The van der Waals surface area contributed by atoms with Crippen LogP contribution in [0.1, 0.15) is 73.6 Å². The summed E-state index contributed by atoms with van der Waals surface area (Å²) in [7, 11) is 0. The van der Waals surface area contributed by atoms with Crippen LogP contribution in [0.4, 0.5) is 0 Å². The summed E-state index contributed by atoms with van der Waals surface area (Å²) < 4.78 is 16.9. The molecule has 0 amide bonds. The highest BCUT2D eigenvalue weighted by atomic mass is 16.6. The van der Waals surface area contributed by atoms with Crippen LogP contribution >= 0.6 is 0 Å². The van der Waals surface area contributed by atoms with Crippen molar-refractivity contribution in [3.8, 4) is 0 Å². The van der Waals surface area contributed by atoms with Crippen molar-refractivity contribution in [3.05, 3.63) is 36.0 Å². The minimum absolute atomic E-state index is 0.0643. The van der Waals surface area contributed by atoms with Crippen LogP contribution in [0, 0.1) is 22.7 Å². The van der Waals surface area contributed by atoms with Gasteiger partial charge in [-0.05, 0) is 45.1 Å². The van der Waals surface area contributed by atoms with Crippen LogP contribution in [-0.4, -0.2) is 64.4 Å². The molecule has 1 heterocycles. The summed E-state index contributed by atoms with van der Waals surface area (Å²) >= 11 is 0. The monoisotopic (exact) mass is 546 g/mol. The Kier molecular flexibility index (Phi) is 8.68. The number of carbonyl (C=O) groups excluding carboxylic acids is 4. The van der Waals surface area contributed by atoms with Crippen LogP contribution in [-0.2, 0) is 33.4 Å². The number of hydrogen-bond donors (Lipinski definition) is 2. The number of fused-ring (bicyclic) bond motifs is 1. The molecule has 2 aliphatic carbocycles. The second-order valence-corrected chi connectivity index (χ2v) is 11.9. The molecule has 0 aromatic carbocycles. The fourth-order valence-corrected chi connectivity index (χ4v) is 6.34. The maximum absolute atomic E-state index is 13.5. The van der Waals surface area contributed by atoms with Gasteiger partial charge < -0.3 is 24.4 Å². The Labute approximate surface area is 230 Å². The highest BCUT2D eigenvalue weighted by Crippen LogP contribution is 2.62. The highest BCUT2D eigenvalue weighted by Gasteiger charge is 2.66. The molecule has 3 rings (SSSR count). The van der Waals surface area contributed by atoms with E-state index >= 15 is 0 Å². The standard InChI is InChI=1S/C30H42O9/c1-9-16(3)26(34)38-20-12-11-18(5)29(8)24(20)28(7,19(6)23(32)25(29)33)13-21(39-27(35)17(4)10-2)30(36)14-22(31)37-15-30/h10,16,20-21,24-25,33,36H,5-6,9,11-15H2,1-4,7-8H3/b17-10+/t16?,20-,21?,24-,25+,28+,29+,30?/m1/s1. The molecule has 0 aromatic rings. The smallest absolute Gasteiger partial charge is 0.333 e. The fourth-order valence-electron chi connectivity index (χ4n) is 6.34. The predicted octanol–water partition coefficient (Wildman–Crippen LogP) is 3.37. The van der Waals surface area contributed by atoms with E-state index in [0.717, 1.165) is 0 Å². The number of aliphatic hydroxyl groups excluding tert-OH is 1. The van der Waals surface area contributed by atoms with Crippen LogP contribution < -0.4 is 0 Å². The van der Waals surface area contributed by atoms with Gasteiger partial charge in [-0.1, -0.05) is 52.5 Å². The molecule has 9 nitrogen and oxygen atoms in total. The van der Waals surface area contributed by atoms with E-state index < -0.39 is 77.4 Å². The number of allylic oxidation sites excluding steroid dienone is 1. The van der Waals surface area contributed by atoms with Gasteiger partial charge in [0.05, 0.1) is 12.3 Å². The Balaban J connectivity index is 2.15. The van der Waals surface area contributed by atoms with Crippen LogP contribution in [0.5, 0.6) is 0 Å². The lowest BCUT2D eigenvalue weighted by Crippen LogP contribution is -2.65. The second-order valence-electron chi connectivity index (χ2n) is 11.9. The van der Waals surface area contributed by atoms with Gasteiger partial charge in [-0.15, -0.1) is 0 Å². The van der Waals surface area contributed by atoms with Gasteiger partial charge in [-0.2, -0.15) is 0 Å². The Morgan fingerprint density at radius 2 is 1.90 bits per heavy atom. The largest absolute Gasteiger partial charge is 0.462 e. The zero-order chi connectivity index (χ0) is 29.5. The number of cyclic esters (lactones) is 1. The van der Waals surface area contributed by atoms with Gasteiger partial charge >= 0.3 is 17.9 Å². The number of ketones is 1. The molecule has 0 radical (unpaired) electrons. The van der Waals surface area contributed by atoms with E-state index in [9.17, 15) is 29.4 Å². The normalized spacial score (nSPS) is 36.6. The number of rotatable bonds is 8. The van der Waals surface area contributed by atoms with Gasteiger partial charge in [0.1, 0.15) is 30.5 Å². The number of ether oxygens (including phenoxy) is 3. The summed E-state index contributed by atoms with van der Waals surface area (Å²) in [5.41, 5.74) is -3.28. The van der Waals surface area contributed by atoms with E-state index in [2.05, 4.69) is 13.2 Å². The fraction of sp³-hybridized carbons (Fsp3) is 0.667. The molecule has 0 aromatic heterocycles. The average Bonchev–Trinajstić information content (AvgIpc) is 3.26. The van der Waals surface area contributed by atoms with Crippen LogP contribution in [0.2, 0.25) is 0 Å². The third-order valence-corrected chi connectivity index (χ3v) is 9.43. The lowest BCUT2D eigenvalue weighted by Gasteiger charge is -2.60. The Morgan fingerprint density at radius 1 is 1.26 bits per heavy atom. The van der Waals surface area contributed by atoms with E-state index in [4.69, 9.17) is 14.2 Å². The molecule has 0 bridgehead atoms. The first-order chi connectivity index (χ1) is 18.1. The number of carbonyl (C=O) groups is 4. The summed E-state index contributed by atoms with van der Waals surface area (Å²) in [5.74, 6) is -3.36. The molecular formula is C30H42O9. The summed E-state index contributed by atoms with van der Waals surface area (Å²) in [6, 6.07) is 0. The summed E-state index contributed by atoms with van der Waals surface area (Å²) in [5, 5.41) is 22.8. The van der Waals surface area contributed by atoms with Crippen LogP contribution in [0.15, 0.2) is 36.0 Å². The van der Waals surface area contributed by atoms with E-state index in [-0.39, 0.29) is 17.9 Å². The third kappa shape index (κ3) is 5.23. The summed E-state index contributed by atoms with van der Waals surface area (Å²) in [6.07, 6.45) is -1.00. The van der Waals surface area contributed by atoms with Crippen molar-refractivity contribution in [3.63, 3.8) is 0 Å². The maximum Gasteiger partial charge on any atom is 0.333 e. The number of Topliss-reactive ketones (excluding diaryl/α,β-unsaturated/α-hetero) is 1.